The summed E-state index contributed by atoms with van der Waals surface area (Å²) in [5.41, 5.74) is 4.91. The molecule has 0 aromatic carbocycles. The molecule has 6 N–H and O–H groups in total. The molecule has 70 valence electrons. The Morgan fingerprint density at radius 3 is 2.25 bits per heavy atom. The molecule has 0 aromatic heterocycles. The molecule has 1 fully saturated rings. The van der Waals surface area contributed by atoms with E-state index in [1.807, 2.05) is 0 Å². The highest BCUT2D eigenvalue weighted by Crippen LogP contribution is 2.13. The van der Waals surface area contributed by atoms with Crippen molar-refractivity contribution in [2.75, 3.05) is 6.61 Å². The fourth-order valence-electron chi connectivity index (χ4n) is 1.27. The summed E-state index contributed by atoms with van der Waals surface area (Å²) in [6.07, 6.45) is -2.38. The minimum absolute atomic E-state index is 0.345. The Bertz CT molecular complexity index is 186. The third-order valence-corrected chi connectivity index (χ3v) is 2.00. The molecule has 1 amide bonds. The number of aliphatic hydroxyl groups excluding tert-OH is 3. The van der Waals surface area contributed by atoms with Crippen LogP contribution in [0.1, 0.15) is 0 Å². The molecular formula is C6H12N2O4. The third kappa shape index (κ3) is 1.42. The summed E-state index contributed by atoms with van der Waals surface area (Å²) in [4.78, 5) is 10.6. The predicted molar refractivity (Wildman–Crippen MR) is 39.0 cm³/mol. The first-order valence-electron chi connectivity index (χ1n) is 3.60. The van der Waals surface area contributed by atoms with E-state index in [2.05, 4.69) is 5.32 Å². The van der Waals surface area contributed by atoms with Gasteiger partial charge in [-0.1, -0.05) is 0 Å². The van der Waals surface area contributed by atoms with E-state index < -0.39 is 30.2 Å². The van der Waals surface area contributed by atoms with Crippen LogP contribution in [0.5, 0.6) is 0 Å². The molecule has 0 bridgehead atoms. The molecule has 0 saturated carbocycles. The van der Waals surface area contributed by atoms with Crippen LogP contribution in [0.2, 0.25) is 0 Å². The molecular weight excluding hydrogens is 164 g/mol. The van der Waals surface area contributed by atoms with Gasteiger partial charge in [-0.05, 0) is 0 Å². The SMILES string of the molecule is NC(=O)[C@H]1N[C@@H](CO)[C@H](O)[C@@H]1O. The minimum Gasteiger partial charge on any atom is -0.395 e. The Balaban J connectivity index is 2.66. The van der Waals surface area contributed by atoms with Crippen LogP contribution < -0.4 is 11.1 Å². The summed E-state index contributed by atoms with van der Waals surface area (Å²) in [5.74, 6) is -0.738. The first-order valence-corrected chi connectivity index (χ1v) is 3.60. The van der Waals surface area contributed by atoms with Crippen molar-refractivity contribution in [3.05, 3.63) is 0 Å². The van der Waals surface area contributed by atoms with Gasteiger partial charge in [0.05, 0.1) is 18.8 Å². The number of carbonyl (C=O) groups excluding carboxylic acids is 1. The van der Waals surface area contributed by atoms with E-state index in [1.54, 1.807) is 0 Å². The lowest BCUT2D eigenvalue weighted by Gasteiger charge is -2.12. The Labute approximate surface area is 69.0 Å². The normalized spacial score (nSPS) is 41.6. The van der Waals surface area contributed by atoms with Gasteiger partial charge in [0.2, 0.25) is 5.91 Å². The maximum absolute atomic E-state index is 10.6. The largest absolute Gasteiger partial charge is 0.395 e. The van der Waals surface area contributed by atoms with Gasteiger partial charge in [-0.15, -0.1) is 0 Å². The maximum atomic E-state index is 10.6. The lowest BCUT2D eigenvalue weighted by atomic mass is 10.1. The molecule has 1 saturated heterocycles. The third-order valence-electron chi connectivity index (χ3n) is 2.00. The topological polar surface area (TPSA) is 116 Å². The fraction of sp³-hybridized carbons (Fsp3) is 0.833. The van der Waals surface area contributed by atoms with Crippen LogP contribution in [0.25, 0.3) is 0 Å². The molecule has 1 aliphatic heterocycles. The highest BCUT2D eigenvalue weighted by atomic mass is 16.3. The predicted octanol–water partition coefficient (Wildman–Crippen LogP) is -3.47. The Morgan fingerprint density at radius 2 is 2.00 bits per heavy atom. The summed E-state index contributed by atoms with van der Waals surface area (Å²) in [7, 11) is 0. The number of amides is 1. The van der Waals surface area contributed by atoms with Crippen molar-refractivity contribution in [1.82, 2.24) is 5.32 Å². The average Bonchev–Trinajstić information content (AvgIpc) is 2.30. The second kappa shape index (κ2) is 3.36. The van der Waals surface area contributed by atoms with E-state index in [0.717, 1.165) is 0 Å². The van der Waals surface area contributed by atoms with E-state index in [1.165, 1.54) is 0 Å². The highest BCUT2D eigenvalue weighted by Gasteiger charge is 2.43. The Morgan fingerprint density at radius 1 is 1.42 bits per heavy atom. The summed E-state index contributed by atoms with van der Waals surface area (Å²) in [6.45, 7) is -0.345. The fourth-order valence-corrected chi connectivity index (χ4v) is 1.27. The molecule has 1 aliphatic rings. The van der Waals surface area contributed by atoms with Gasteiger partial charge in [0.15, 0.2) is 0 Å². The van der Waals surface area contributed by atoms with E-state index in [4.69, 9.17) is 10.8 Å². The molecule has 0 aliphatic carbocycles. The number of hydrogen-bond acceptors (Lipinski definition) is 5. The zero-order chi connectivity index (χ0) is 9.30. The number of nitrogens with two attached hydrogens (primary N) is 1. The number of rotatable bonds is 2. The van der Waals surface area contributed by atoms with Crippen LogP contribution in [-0.2, 0) is 4.79 Å². The molecule has 4 atom stereocenters. The van der Waals surface area contributed by atoms with Crippen molar-refractivity contribution < 1.29 is 20.1 Å². The number of aliphatic hydroxyl groups is 3. The second-order valence-corrected chi connectivity index (χ2v) is 2.82. The van der Waals surface area contributed by atoms with Gasteiger partial charge < -0.3 is 21.1 Å². The van der Waals surface area contributed by atoms with Gasteiger partial charge in [-0.3, -0.25) is 10.1 Å². The standard InChI is InChI=1S/C6H12N2O4/c7-6(12)3-5(11)4(10)2(1-9)8-3/h2-5,8-11H,1H2,(H2,7,12)/t2-,3-,4-,5+/m0/s1. The van der Waals surface area contributed by atoms with Crippen molar-refractivity contribution in [3.8, 4) is 0 Å². The Kier molecular flexibility index (Phi) is 2.63. The second-order valence-electron chi connectivity index (χ2n) is 2.82. The van der Waals surface area contributed by atoms with Gasteiger partial charge in [0.1, 0.15) is 12.1 Å². The molecule has 1 rings (SSSR count). The van der Waals surface area contributed by atoms with Crippen LogP contribution in [0.3, 0.4) is 0 Å². The van der Waals surface area contributed by atoms with Crippen LogP contribution in [0.4, 0.5) is 0 Å². The van der Waals surface area contributed by atoms with Crippen LogP contribution in [0, 0.1) is 0 Å². The summed E-state index contributed by atoms with van der Waals surface area (Å²) in [5, 5.41) is 29.6. The van der Waals surface area contributed by atoms with Crippen LogP contribution in [-0.4, -0.2) is 52.1 Å². The molecule has 12 heavy (non-hydrogen) atoms. The number of nitrogens with one attached hydrogen (secondary N) is 1. The summed E-state index contributed by atoms with van der Waals surface area (Å²) >= 11 is 0. The summed E-state index contributed by atoms with van der Waals surface area (Å²) in [6, 6.07) is -1.66. The first kappa shape index (κ1) is 9.40. The molecule has 0 unspecified atom stereocenters. The quantitative estimate of drug-likeness (QED) is 0.300. The number of hydrogen-bond donors (Lipinski definition) is 5. The van der Waals surface area contributed by atoms with E-state index in [9.17, 15) is 15.0 Å². The molecule has 6 heteroatoms. The highest BCUT2D eigenvalue weighted by molar-refractivity contribution is 5.81. The lowest BCUT2D eigenvalue weighted by Crippen LogP contribution is -2.45. The average molecular weight is 176 g/mol. The molecule has 1 heterocycles. The number of carbonyl (C=O) groups is 1. The maximum Gasteiger partial charge on any atom is 0.237 e. The van der Waals surface area contributed by atoms with Gasteiger partial charge in [-0.25, -0.2) is 0 Å². The van der Waals surface area contributed by atoms with Crippen molar-refractivity contribution >= 4 is 5.91 Å². The zero-order valence-electron chi connectivity index (χ0n) is 6.34. The molecule has 0 aromatic rings. The molecule has 0 spiro atoms. The number of primary amides is 1. The van der Waals surface area contributed by atoms with Crippen molar-refractivity contribution in [1.29, 1.82) is 0 Å². The van der Waals surface area contributed by atoms with Crippen molar-refractivity contribution in [2.45, 2.75) is 24.3 Å². The zero-order valence-corrected chi connectivity index (χ0v) is 6.34. The van der Waals surface area contributed by atoms with Gasteiger partial charge in [0, 0.05) is 0 Å². The monoisotopic (exact) mass is 176 g/mol. The van der Waals surface area contributed by atoms with Gasteiger partial charge in [0.25, 0.3) is 0 Å². The smallest absolute Gasteiger partial charge is 0.237 e. The Hall–Kier alpha value is -0.690. The summed E-state index contributed by atoms with van der Waals surface area (Å²) < 4.78 is 0. The van der Waals surface area contributed by atoms with Crippen molar-refractivity contribution in [3.63, 3.8) is 0 Å². The van der Waals surface area contributed by atoms with E-state index >= 15 is 0 Å². The van der Waals surface area contributed by atoms with Crippen LogP contribution >= 0.6 is 0 Å². The molecule has 0 radical (unpaired) electrons. The molecule has 6 nitrogen and oxygen atoms in total. The van der Waals surface area contributed by atoms with E-state index in [0.29, 0.717) is 0 Å². The van der Waals surface area contributed by atoms with Gasteiger partial charge >= 0.3 is 0 Å². The minimum atomic E-state index is -1.24. The van der Waals surface area contributed by atoms with Crippen molar-refractivity contribution in [2.24, 2.45) is 5.73 Å². The van der Waals surface area contributed by atoms with Gasteiger partial charge in [-0.2, -0.15) is 0 Å². The first-order chi connectivity index (χ1) is 5.57. The van der Waals surface area contributed by atoms with Crippen LogP contribution in [0.15, 0.2) is 0 Å². The lowest BCUT2D eigenvalue weighted by molar-refractivity contribution is -0.122. The van der Waals surface area contributed by atoms with E-state index in [-0.39, 0.29) is 6.61 Å².